The van der Waals surface area contributed by atoms with E-state index in [1.54, 1.807) is 17.0 Å². The van der Waals surface area contributed by atoms with Gasteiger partial charge < -0.3 is 19.4 Å². The van der Waals surface area contributed by atoms with Crippen molar-refractivity contribution in [2.45, 2.75) is 44.9 Å². The van der Waals surface area contributed by atoms with Crippen LogP contribution in [0.4, 0.5) is 0 Å². The van der Waals surface area contributed by atoms with Gasteiger partial charge in [0.05, 0.1) is 23.9 Å². The Morgan fingerprint density at radius 2 is 2.03 bits per heavy atom. The molecule has 6 nitrogen and oxygen atoms in total. The number of aromatic nitrogens is 1. The Morgan fingerprint density at radius 3 is 2.78 bits per heavy atom. The number of hydrogen-bond donors (Lipinski definition) is 2. The van der Waals surface area contributed by atoms with Crippen LogP contribution < -0.4 is 0 Å². The number of nitrogens with one attached hydrogen (secondary N) is 1. The maximum atomic E-state index is 13.2. The first kappa shape index (κ1) is 23.1. The van der Waals surface area contributed by atoms with E-state index in [1.807, 2.05) is 14.0 Å². The van der Waals surface area contributed by atoms with Crippen molar-refractivity contribution < 1.29 is 14.3 Å². The van der Waals surface area contributed by atoms with Crippen LogP contribution in [-0.2, 0) is 6.42 Å². The second-order valence-electron chi connectivity index (χ2n) is 10.5. The number of fused-ring (bicyclic) bond motifs is 5. The zero-order valence-electron chi connectivity index (χ0n) is 21.1. The summed E-state index contributed by atoms with van der Waals surface area (Å²) in [6.45, 7) is 5.67. The third-order valence-electron chi connectivity index (χ3n) is 8.30. The second kappa shape index (κ2) is 8.95. The van der Waals surface area contributed by atoms with Crippen LogP contribution in [0.2, 0.25) is 0 Å². The summed E-state index contributed by atoms with van der Waals surface area (Å²) in [6.07, 6.45) is 2.75. The summed E-state index contributed by atoms with van der Waals surface area (Å²) in [5.41, 5.74) is 7.51. The lowest BCUT2D eigenvalue weighted by atomic mass is 9.80. The number of aromatic amines is 1. The molecule has 6 rings (SSSR count). The number of carbonyl (C=O) groups is 1. The average molecular weight is 484 g/mol. The highest BCUT2D eigenvalue weighted by Gasteiger charge is 2.44. The largest absolute Gasteiger partial charge is 0.459 e. The summed E-state index contributed by atoms with van der Waals surface area (Å²) >= 11 is 0. The molecule has 186 valence electrons. The van der Waals surface area contributed by atoms with Crippen molar-refractivity contribution in [1.29, 1.82) is 0 Å². The van der Waals surface area contributed by atoms with E-state index >= 15 is 0 Å². The maximum Gasteiger partial charge on any atom is 0.289 e. The van der Waals surface area contributed by atoms with Gasteiger partial charge in [0.15, 0.2) is 5.76 Å². The van der Waals surface area contributed by atoms with Crippen molar-refractivity contribution in [2.24, 2.45) is 5.92 Å². The van der Waals surface area contributed by atoms with Gasteiger partial charge in [-0.15, -0.1) is 0 Å². The van der Waals surface area contributed by atoms with E-state index < -0.39 is 6.10 Å². The van der Waals surface area contributed by atoms with Crippen LogP contribution in [0.25, 0.3) is 22.0 Å². The van der Waals surface area contributed by atoms with Gasteiger partial charge >= 0.3 is 0 Å². The van der Waals surface area contributed by atoms with Gasteiger partial charge in [0, 0.05) is 48.7 Å². The SMILES string of the molecule is Cc1cccc(-c2cccc3c4c([nH]c23)[C@@H]2C[C@H](N(C)C(=O)c3ccco3)[C@H]([C@H](C)O)CN2CC4)c1. The fourth-order valence-corrected chi connectivity index (χ4v) is 6.42. The topological polar surface area (TPSA) is 72.7 Å². The molecule has 1 fully saturated rings. The zero-order valence-corrected chi connectivity index (χ0v) is 21.1. The van der Waals surface area contributed by atoms with Crippen molar-refractivity contribution in [3.63, 3.8) is 0 Å². The number of furan rings is 1. The van der Waals surface area contributed by atoms with Crippen LogP contribution in [0.5, 0.6) is 0 Å². The van der Waals surface area contributed by atoms with E-state index in [1.165, 1.54) is 45.1 Å². The summed E-state index contributed by atoms with van der Waals surface area (Å²) in [7, 11) is 1.84. The zero-order chi connectivity index (χ0) is 25.0. The molecule has 36 heavy (non-hydrogen) atoms. The molecule has 1 saturated heterocycles. The van der Waals surface area contributed by atoms with Crippen molar-refractivity contribution in [3.05, 3.63) is 83.4 Å². The molecule has 4 heterocycles. The minimum atomic E-state index is -0.514. The Labute approximate surface area is 211 Å². The van der Waals surface area contributed by atoms with E-state index in [4.69, 9.17) is 4.42 Å². The Kier molecular flexibility index (Phi) is 5.73. The highest BCUT2D eigenvalue weighted by molar-refractivity contribution is 5.97. The fourth-order valence-electron chi connectivity index (χ4n) is 6.42. The standard InChI is InChI=1S/C30H33N3O3/c1-18-7-4-8-20(15-18)21-9-5-10-22-23-12-13-33-17-24(19(2)34)25(16-26(33)29(23)31-28(21)22)32(3)30(35)27-11-6-14-36-27/h4-11,14-15,19,24-26,31,34H,12-13,16-17H2,1-3H3/t19-,24-,25-,26-/m0/s1. The third kappa shape index (κ3) is 3.76. The number of aliphatic hydroxyl groups is 1. The number of hydrogen-bond acceptors (Lipinski definition) is 4. The quantitative estimate of drug-likeness (QED) is 0.420. The number of H-pyrrole nitrogens is 1. The number of piperidine rings is 1. The second-order valence-corrected chi connectivity index (χ2v) is 10.5. The normalized spacial score (nSPS) is 22.7. The molecule has 4 atom stereocenters. The van der Waals surface area contributed by atoms with E-state index in [0.29, 0.717) is 5.76 Å². The minimum Gasteiger partial charge on any atom is -0.459 e. The summed E-state index contributed by atoms with van der Waals surface area (Å²) in [4.78, 5) is 21.3. The van der Waals surface area contributed by atoms with Crippen molar-refractivity contribution in [2.75, 3.05) is 20.1 Å². The number of para-hydroxylation sites is 1. The molecule has 0 saturated carbocycles. The van der Waals surface area contributed by atoms with E-state index in [-0.39, 0.29) is 23.9 Å². The molecule has 0 aliphatic carbocycles. The molecular formula is C30H33N3O3. The molecule has 6 heteroatoms. The first-order chi connectivity index (χ1) is 17.4. The van der Waals surface area contributed by atoms with Crippen LogP contribution in [0.15, 0.2) is 65.3 Å². The number of rotatable bonds is 4. The number of carbonyl (C=O) groups excluding carboxylic acids is 1. The molecule has 2 aliphatic heterocycles. The average Bonchev–Trinajstić information content (AvgIpc) is 3.55. The predicted molar refractivity (Wildman–Crippen MR) is 141 cm³/mol. The van der Waals surface area contributed by atoms with Crippen LogP contribution in [0, 0.1) is 12.8 Å². The van der Waals surface area contributed by atoms with E-state index in [9.17, 15) is 9.90 Å². The third-order valence-corrected chi connectivity index (χ3v) is 8.30. The highest BCUT2D eigenvalue weighted by Crippen LogP contribution is 2.44. The lowest BCUT2D eigenvalue weighted by molar-refractivity contribution is -0.0245. The van der Waals surface area contributed by atoms with Gasteiger partial charge in [0.1, 0.15) is 0 Å². The van der Waals surface area contributed by atoms with Crippen molar-refractivity contribution in [3.8, 4) is 11.1 Å². The summed E-state index contributed by atoms with van der Waals surface area (Å²) < 4.78 is 5.40. The molecule has 0 radical (unpaired) electrons. The van der Waals surface area contributed by atoms with Gasteiger partial charge in [0.25, 0.3) is 5.91 Å². The molecule has 4 aromatic rings. The molecule has 2 aliphatic rings. The van der Waals surface area contributed by atoms with E-state index in [2.05, 4.69) is 59.3 Å². The maximum absolute atomic E-state index is 13.2. The lowest BCUT2D eigenvalue weighted by Gasteiger charge is -2.49. The molecule has 0 spiro atoms. The molecular weight excluding hydrogens is 450 g/mol. The Bertz CT molecular complexity index is 1400. The Morgan fingerprint density at radius 1 is 1.19 bits per heavy atom. The number of benzene rings is 2. The summed E-state index contributed by atoms with van der Waals surface area (Å²) in [5, 5.41) is 12.0. The Balaban J connectivity index is 1.40. The number of amides is 1. The van der Waals surface area contributed by atoms with Crippen LogP contribution >= 0.6 is 0 Å². The first-order valence-corrected chi connectivity index (χ1v) is 12.9. The van der Waals surface area contributed by atoms with Gasteiger partial charge in [-0.3, -0.25) is 9.69 Å². The number of aliphatic hydroxyl groups excluding tert-OH is 1. The van der Waals surface area contributed by atoms with Crippen LogP contribution in [0.3, 0.4) is 0 Å². The number of aryl methyl sites for hydroxylation is 1. The van der Waals surface area contributed by atoms with Gasteiger partial charge in [-0.2, -0.15) is 0 Å². The molecule has 2 N–H and O–H groups in total. The van der Waals surface area contributed by atoms with Crippen molar-refractivity contribution in [1.82, 2.24) is 14.8 Å². The van der Waals surface area contributed by atoms with Gasteiger partial charge in [-0.1, -0.05) is 48.0 Å². The van der Waals surface area contributed by atoms with E-state index in [0.717, 1.165) is 25.9 Å². The van der Waals surface area contributed by atoms with Gasteiger partial charge in [-0.05, 0) is 49.9 Å². The predicted octanol–water partition coefficient (Wildman–Crippen LogP) is 5.18. The smallest absolute Gasteiger partial charge is 0.289 e. The highest BCUT2D eigenvalue weighted by atomic mass is 16.3. The van der Waals surface area contributed by atoms with Gasteiger partial charge in [-0.25, -0.2) is 0 Å². The van der Waals surface area contributed by atoms with Crippen LogP contribution in [0.1, 0.15) is 46.8 Å². The molecule has 0 unspecified atom stereocenters. The molecule has 0 bridgehead atoms. The lowest BCUT2D eigenvalue weighted by Crippen LogP contribution is -2.56. The monoisotopic (exact) mass is 483 g/mol. The molecule has 2 aromatic heterocycles. The minimum absolute atomic E-state index is 0.0288. The summed E-state index contributed by atoms with van der Waals surface area (Å²) in [6, 6.07) is 18.7. The van der Waals surface area contributed by atoms with Crippen LogP contribution in [-0.4, -0.2) is 58.1 Å². The Hall–Kier alpha value is -3.35. The number of nitrogens with zero attached hydrogens (tertiary/aromatic N) is 2. The van der Waals surface area contributed by atoms with Gasteiger partial charge in [0.2, 0.25) is 0 Å². The first-order valence-electron chi connectivity index (χ1n) is 12.9. The molecule has 1 amide bonds. The fraction of sp³-hybridized carbons (Fsp3) is 0.367. The summed E-state index contributed by atoms with van der Waals surface area (Å²) in [5.74, 6) is 0.166. The van der Waals surface area contributed by atoms with Crippen molar-refractivity contribution >= 4 is 16.8 Å². The molecule has 2 aromatic carbocycles.